The van der Waals surface area contributed by atoms with Crippen LogP contribution in [0.5, 0.6) is 0 Å². The van der Waals surface area contributed by atoms with Crippen LogP contribution in [0.4, 0.5) is 5.69 Å². The molecule has 0 aliphatic carbocycles. The molecule has 11 aromatic carbocycles. The third-order valence-corrected chi connectivity index (χ3v) is 12.3. The largest absolute Gasteiger partial charge is 0.268 e. The number of carbonyl (C=O) groups excluding carboxylic acids is 2. The Hall–Kier alpha value is -6.06. The molecule has 0 atom stereocenters. The standard InChI is InChI=1S/C48H31NO2/c1-22(2)29-6-5-7-30(23(3)4)46(29)49-47(50)33-18-16-31-35-20-27-14-12-25-10-8-24-9-11-26-13-15-28-21-36(32-17-19-34(48(49)51)43(33)42(31)32)44(35)45-40(27)38(25)37(24)39(26)41(28)45/h5-23H,1-4H3. The van der Waals surface area contributed by atoms with Crippen molar-refractivity contribution in [1.29, 1.82) is 0 Å². The number of benzene rings is 11. The average Bonchev–Trinajstić information content (AvgIpc) is 3.14. The number of imide groups is 1. The summed E-state index contributed by atoms with van der Waals surface area (Å²) in [5, 5.41) is 21.8. The van der Waals surface area contributed by atoms with Crippen LogP contribution in [0.2, 0.25) is 0 Å². The highest BCUT2D eigenvalue weighted by Gasteiger charge is 2.38. The van der Waals surface area contributed by atoms with Crippen molar-refractivity contribution >= 4 is 114 Å². The van der Waals surface area contributed by atoms with Crippen LogP contribution in [0.25, 0.3) is 97.0 Å². The maximum Gasteiger partial charge on any atom is 0.266 e. The molecule has 0 unspecified atom stereocenters. The van der Waals surface area contributed by atoms with E-state index >= 15 is 0 Å². The molecule has 0 saturated heterocycles. The summed E-state index contributed by atoms with van der Waals surface area (Å²) in [6.07, 6.45) is 0. The molecule has 1 heterocycles. The maximum absolute atomic E-state index is 14.8. The molecular weight excluding hydrogens is 623 g/mol. The quantitative estimate of drug-likeness (QED) is 0.108. The summed E-state index contributed by atoms with van der Waals surface area (Å²) < 4.78 is 0. The zero-order chi connectivity index (χ0) is 34.2. The lowest BCUT2D eigenvalue weighted by atomic mass is 9.78. The van der Waals surface area contributed by atoms with Gasteiger partial charge in [0.25, 0.3) is 11.8 Å². The van der Waals surface area contributed by atoms with Crippen LogP contribution in [0, 0.1) is 0 Å². The Kier molecular flexibility index (Phi) is 4.89. The molecule has 0 fully saturated rings. The molecule has 1 aliphatic rings. The van der Waals surface area contributed by atoms with Gasteiger partial charge in [0.15, 0.2) is 0 Å². The van der Waals surface area contributed by atoms with E-state index in [1.807, 2.05) is 18.2 Å². The first kappa shape index (κ1) is 27.7. The summed E-state index contributed by atoms with van der Waals surface area (Å²) in [7, 11) is 0. The second-order valence-electron chi connectivity index (χ2n) is 15.5. The maximum atomic E-state index is 14.8. The summed E-state index contributed by atoms with van der Waals surface area (Å²) in [4.78, 5) is 31.0. The number of rotatable bonds is 3. The number of fused-ring (bicyclic) bond motifs is 2. The average molecular weight is 654 g/mol. The molecule has 12 rings (SSSR count). The summed E-state index contributed by atoms with van der Waals surface area (Å²) in [6.45, 7) is 8.50. The van der Waals surface area contributed by atoms with Gasteiger partial charge in [0, 0.05) is 16.5 Å². The van der Waals surface area contributed by atoms with Gasteiger partial charge in [0.05, 0.1) is 5.69 Å². The fourth-order valence-electron chi connectivity index (χ4n) is 10.1. The molecule has 2 amide bonds. The van der Waals surface area contributed by atoms with Crippen LogP contribution in [0.3, 0.4) is 0 Å². The number of amides is 2. The minimum atomic E-state index is -0.247. The van der Waals surface area contributed by atoms with Crippen LogP contribution in [0.1, 0.15) is 71.4 Å². The highest BCUT2D eigenvalue weighted by Crippen LogP contribution is 2.53. The molecular formula is C48H31NO2. The van der Waals surface area contributed by atoms with Gasteiger partial charge < -0.3 is 0 Å². The summed E-state index contributed by atoms with van der Waals surface area (Å²) in [5.74, 6) is -0.206. The number of hydrogen-bond donors (Lipinski definition) is 0. The number of para-hydroxylation sites is 1. The zero-order valence-electron chi connectivity index (χ0n) is 28.7. The minimum absolute atomic E-state index is 0.144. The van der Waals surface area contributed by atoms with Crippen molar-refractivity contribution in [3.8, 4) is 0 Å². The van der Waals surface area contributed by atoms with E-state index in [0.29, 0.717) is 11.1 Å². The van der Waals surface area contributed by atoms with E-state index in [1.165, 1.54) is 80.3 Å². The predicted molar refractivity (Wildman–Crippen MR) is 214 cm³/mol. The van der Waals surface area contributed by atoms with Gasteiger partial charge in [-0.15, -0.1) is 0 Å². The highest BCUT2D eigenvalue weighted by atomic mass is 16.2. The van der Waals surface area contributed by atoms with Crippen molar-refractivity contribution in [3.05, 3.63) is 125 Å². The minimum Gasteiger partial charge on any atom is -0.268 e. The summed E-state index contributed by atoms with van der Waals surface area (Å²) >= 11 is 0. The van der Waals surface area contributed by atoms with Crippen molar-refractivity contribution < 1.29 is 9.59 Å². The number of carbonyl (C=O) groups is 2. The van der Waals surface area contributed by atoms with E-state index in [2.05, 4.69) is 113 Å². The Bertz CT molecular complexity index is 3140. The Morgan fingerprint density at radius 1 is 0.392 bits per heavy atom. The van der Waals surface area contributed by atoms with Crippen molar-refractivity contribution in [2.24, 2.45) is 0 Å². The van der Waals surface area contributed by atoms with E-state index in [-0.39, 0.29) is 23.7 Å². The van der Waals surface area contributed by atoms with Crippen molar-refractivity contribution in [3.63, 3.8) is 0 Å². The van der Waals surface area contributed by atoms with Gasteiger partial charge in [0.2, 0.25) is 0 Å². The van der Waals surface area contributed by atoms with Crippen LogP contribution in [-0.4, -0.2) is 11.8 Å². The van der Waals surface area contributed by atoms with Crippen LogP contribution < -0.4 is 4.90 Å². The van der Waals surface area contributed by atoms with Crippen LogP contribution in [-0.2, 0) is 0 Å². The second-order valence-corrected chi connectivity index (χ2v) is 15.5. The third kappa shape index (κ3) is 3.10. The van der Waals surface area contributed by atoms with Gasteiger partial charge in [-0.3, -0.25) is 9.59 Å². The molecule has 3 nitrogen and oxygen atoms in total. The van der Waals surface area contributed by atoms with Gasteiger partial charge in [0.1, 0.15) is 0 Å². The van der Waals surface area contributed by atoms with Gasteiger partial charge in [-0.2, -0.15) is 0 Å². The SMILES string of the molecule is CC(C)c1cccc(C(C)C)c1N1C(=O)c2ccc3c4cc5ccc6ccc7ccc8ccc9cc(c%10ccc(c2c3%10)C1=O)c4c1c5c6c7c8c91. The second kappa shape index (κ2) is 8.99. The summed E-state index contributed by atoms with van der Waals surface area (Å²) in [5.41, 5.74) is 3.94. The monoisotopic (exact) mass is 653 g/mol. The summed E-state index contributed by atoms with van der Waals surface area (Å²) in [6, 6.07) is 37.3. The Morgan fingerprint density at radius 3 is 1.22 bits per heavy atom. The lowest BCUT2D eigenvalue weighted by Crippen LogP contribution is -2.41. The number of hydrogen-bond acceptors (Lipinski definition) is 2. The van der Waals surface area contributed by atoms with Crippen molar-refractivity contribution in [2.45, 2.75) is 39.5 Å². The lowest BCUT2D eigenvalue weighted by Gasteiger charge is -2.33. The van der Waals surface area contributed by atoms with Gasteiger partial charge >= 0.3 is 0 Å². The topological polar surface area (TPSA) is 37.4 Å². The van der Waals surface area contributed by atoms with E-state index in [9.17, 15) is 9.59 Å². The molecule has 0 saturated carbocycles. The normalized spacial score (nSPS) is 14.3. The molecule has 0 radical (unpaired) electrons. The first-order valence-electron chi connectivity index (χ1n) is 18.1. The molecule has 11 aromatic rings. The molecule has 240 valence electrons. The molecule has 0 N–H and O–H groups in total. The molecule has 0 aromatic heterocycles. The molecule has 0 bridgehead atoms. The van der Waals surface area contributed by atoms with Crippen LogP contribution >= 0.6 is 0 Å². The lowest BCUT2D eigenvalue weighted by molar-refractivity contribution is 0.0893. The van der Waals surface area contributed by atoms with E-state index in [0.717, 1.165) is 38.4 Å². The smallest absolute Gasteiger partial charge is 0.266 e. The van der Waals surface area contributed by atoms with Crippen molar-refractivity contribution in [1.82, 2.24) is 0 Å². The Morgan fingerprint density at radius 2 is 0.784 bits per heavy atom. The predicted octanol–water partition coefficient (Wildman–Crippen LogP) is 12.9. The first-order chi connectivity index (χ1) is 24.8. The van der Waals surface area contributed by atoms with E-state index in [4.69, 9.17) is 0 Å². The molecule has 0 spiro atoms. The van der Waals surface area contributed by atoms with Gasteiger partial charge in [-0.1, -0.05) is 107 Å². The van der Waals surface area contributed by atoms with Crippen molar-refractivity contribution in [2.75, 3.05) is 4.90 Å². The Balaban J connectivity index is 1.25. The Labute approximate surface area is 293 Å². The van der Waals surface area contributed by atoms with Crippen LogP contribution in [0.15, 0.2) is 103 Å². The van der Waals surface area contributed by atoms with E-state index < -0.39 is 0 Å². The van der Waals surface area contributed by atoms with Gasteiger partial charge in [-0.05, 0) is 139 Å². The first-order valence-corrected chi connectivity index (χ1v) is 18.1. The highest BCUT2D eigenvalue weighted by molar-refractivity contribution is 6.51. The third-order valence-electron chi connectivity index (χ3n) is 12.3. The fourth-order valence-corrected chi connectivity index (χ4v) is 10.1. The number of anilines is 1. The molecule has 51 heavy (non-hydrogen) atoms. The van der Waals surface area contributed by atoms with Gasteiger partial charge in [-0.25, -0.2) is 4.90 Å². The molecule has 3 heteroatoms. The number of nitrogens with zero attached hydrogens (tertiary/aromatic N) is 1. The molecule has 1 aliphatic heterocycles. The fraction of sp³-hybridized carbons (Fsp3) is 0.125. The zero-order valence-corrected chi connectivity index (χ0v) is 28.7. The van der Waals surface area contributed by atoms with E-state index in [1.54, 1.807) is 0 Å².